The van der Waals surface area contributed by atoms with Gasteiger partial charge in [-0.15, -0.1) is 0 Å². The monoisotopic (exact) mass is 263 g/mol. The van der Waals surface area contributed by atoms with Gasteiger partial charge in [0, 0.05) is 25.8 Å². The van der Waals surface area contributed by atoms with Crippen molar-refractivity contribution in [1.82, 2.24) is 10.3 Å². The van der Waals surface area contributed by atoms with Gasteiger partial charge in [0.25, 0.3) is 0 Å². The quantitative estimate of drug-likeness (QED) is 0.780. The number of hydrogen-bond donors (Lipinski definition) is 1. The highest BCUT2D eigenvalue weighted by atomic mass is 15.2. The van der Waals surface area contributed by atoms with Crippen molar-refractivity contribution in [3.63, 3.8) is 0 Å². The van der Waals surface area contributed by atoms with Crippen LogP contribution in [-0.2, 0) is 13.0 Å². The van der Waals surface area contributed by atoms with Crippen LogP contribution in [0, 0.1) is 5.92 Å². The van der Waals surface area contributed by atoms with E-state index in [0.717, 1.165) is 38.3 Å². The predicted octanol–water partition coefficient (Wildman–Crippen LogP) is 3.24. The summed E-state index contributed by atoms with van der Waals surface area (Å²) in [7, 11) is 2.10. The molecule has 1 N–H and O–H groups in total. The van der Waals surface area contributed by atoms with Crippen LogP contribution in [0.2, 0.25) is 0 Å². The van der Waals surface area contributed by atoms with Crippen molar-refractivity contribution in [2.75, 3.05) is 25.0 Å². The maximum Gasteiger partial charge on any atom is 0.128 e. The van der Waals surface area contributed by atoms with Gasteiger partial charge in [-0.3, -0.25) is 0 Å². The zero-order chi connectivity index (χ0) is 14.3. The standard InChI is InChI=1S/C16H29N3/c1-6-8-15-9-14(12-17-11-13(3)4)10-16(18-15)19(5)7-2/h9-10,13,17H,6-8,11-12H2,1-5H3. The largest absolute Gasteiger partial charge is 0.360 e. The van der Waals surface area contributed by atoms with Crippen molar-refractivity contribution in [2.24, 2.45) is 5.92 Å². The summed E-state index contributed by atoms with van der Waals surface area (Å²) in [6.45, 7) is 11.8. The molecule has 0 aromatic carbocycles. The van der Waals surface area contributed by atoms with Gasteiger partial charge in [0.1, 0.15) is 5.82 Å². The molecule has 0 spiro atoms. The highest BCUT2D eigenvalue weighted by Crippen LogP contribution is 2.15. The molecule has 1 heterocycles. The number of anilines is 1. The van der Waals surface area contributed by atoms with E-state index < -0.39 is 0 Å². The predicted molar refractivity (Wildman–Crippen MR) is 83.7 cm³/mol. The number of rotatable bonds is 8. The Morgan fingerprint density at radius 1 is 1.26 bits per heavy atom. The van der Waals surface area contributed by atoms with Crippen molar-refractivity contribution in [2.45, 2.75) is 47.1 Å². The molecule has 19 heavy (non-hydrogen) atoms. The molecule has 3 nitrogen and oxygen atoms in total. The zero-order valence-electron chi connectivity index (χ0n) is 13.2. The lowest BCUT2D eigenvalue weighted by atomic mass is 10.1. The normalized spacial score (nSPS) is 11.1. The van der Waals surface area contributed by atoms with E-state index in [-0.39, 0.29) is 0 Å². The molecule has 3 heteroatoms. The first-order valence-corrected chi connectivity index (χ1v) is 7.48. The van der Waals surface area contributed by atoms with Crippen LogP contribution in [0.15, 0.2) is 12.1 Å². The van der Waals surface area contributed by atoms with Gasteiger partial charge >= 0.3 is 0 Å². The second-order valence-corrected chi connectivity index (χ2v) is 5.61. The molecule has 0 radical (unpaired) electrons. The van der Waals surface area contributed by atoms with E-state index in [0.29, 0.717) is 5.92 Å². The Morgan fingerprint density at radius 3 is 2.58 bits per heavy atom. The molecule has 0 aliphatic heterocycles. The average Bonchev–Trinajstić information content (AvgIpc) is 2.37. The van der Waals surface area contributed by atoms with Crippen LogP contribution in [0.3, 0.4) is 0 Å². The summed E-state index contributed by atoms with van der Waals surface area (Å²) in [5.74, 6) is 1.78. The molecule has 108 valence electrons. The number of nitrogens with zero attached hydrogens (tertiary/aromatic N) is 2. The third-order valence-corrected chi connectivity index (χ3v) is 3.18. The Morgan fingerprint density at radius 2 is 2.00 bits per heavy atom. The first kappa shape index (κ1) is 16.0. The van der Waals surface area contributed by atoms with Gasteiger partial charge in [-0.1, -0.05) is 27.2 Å². The van der Waals surface area contributed by atoms with E-state index in [2.05, 4.69) is 57.1 Å². The van der Waals surface area contributed by atoms with Crippen molar-refractivity contribution in [1.29, 1.82) is 0 Å². The SMILES string of the molecule is CCCc1cc(CNCC(C)C)cc(N(C)CC)n1. The van der Waals surface area contributed by atoms with Crippen molar-refractivity contribution >= 4 is 5.82 Å². The van der Waals surface area contributed by atoms with Gasteiger partial charge in [0.05, 0.1) is 0 Å². The highest BCUT2D eigenvalue weighted by Gasteiger charge is 2.06. The molecule has 0 unspecified atom stereocenters. The number of pyridine rings is 1. The summed E-state index contributed by atoms with van der Waals surface area (Å²) >= 11 is 0. The van der Waals surface area contributed by atoms with Crippen LogP contribution >= 0.6 is 0 Å². The van der Waals surface area contributed by atoms with Crippen LogP contribution in [0.4, 0.5) is 5.82 Å². The van der Waals surface area contributed by atoms with Gasteiger partial charge < -0.3 is 10.2 Å². The molecule has 1 aromatic heterocycles. The summed E-state index contributed by atoms with van der Waals surface area (Å²) in [4.78, 5) is 6.93. The van der Waals surface area contributed by atoms with Crippen molar-refractivity contribution in [3.8, 4) is 0 Å². The number of aromatic nitrogens is 1. The molecular formula is C16H29N3. The topological polar surface area (TPSA) is 28.2 Å². The molecule has 0 aliphatic carbocycles. The van der Waals surface area contributed by atoms with E-state index in [1.165, 1.54) is 11.3 Å². The van der Waals surface area contributed by atoms with Crippen molar-refractivity contribution < 1.29 is 0 Å². The summed E-state index contributed by atoms with van der Waals surface area (Å²) < 4.78 is 0. The molecule has 1 rings (SSSR count). The van der Waals surface area contributed by atoms with Gasteiger partial charge in [-0.05, 0) is 43.5 Å². The van der Waals surface area contributed by atoms with Gasteiger partial charge in [0.2, 0.25) is 0 Å². The summed E-state index contributed by atoms with van der Waals surface area (Å²) in [6, 6.07) is 4.44. The van der Waals surface area contributed by atoms with Crippen LogP contribution in [-0.4, -0.2) is 25.1 Å². The fourth-order valence-corrected chi connectivity index (χ4v) is 1.98. The smallest absolute Gasteiger partial charge is 0.128 e. The minimum absolute atomic E-state index is 0.690. The number of aryl methyl sites for hydroxylation is 1. The molecule has 0 amide bonds. The maximum absolute atomic E-state index is 4.74. The maximum atomic E-state index is 4.74. The first-order chi connectivity index (χ1) is 9.06. The zero-order valence-corrected chi connectivity index (χ0v) is 13.2. The Hall–Kier alpha value is -1.09. The summed E-state index contributed by atoms with van der Waals surface area (Å²) in [6.07, 6.45) is 2.20. The van der Waals surface area contributed by atoms with Crippen LogP contribution in [0.5, 0.6) is 0 Å². The lowest BCUT2D eigenvalue weighted by Crippen LogP contribution is -2.21. The molecule has 0 fully saturated rings. The van der Waals surface area contributed by atoms with Crippen LogP contribution < -0.4 is 10.2 Å². The number of hydrogen-bond acceptors (Lipinski definition) is 3. The Bertz CT molecular complexity index is 374. The molecule has 0 saturated carbocycles. The fourth-order valence-electron chi connectivity index (χ4n) is 1.98. The first-order valence-electron chi connectivity index (χ1n) is 7.48. The number of nitrogens with one attached hydrogen (secondary N) is 1. The summed E-state index contributed by atoms with van der Waals surface area (Å²) in [5.41, 5.74) is 2.55. The van der Waals surface area contributed by atoms with E-state index in [1.807, 2.05) is 0 Å². The highest BCUT2D eigenvalue weighted by molar-refractivity contribution is 5.42. The van der Waals surface area contributed by atoms with E-state index in [9.17, 15) is 0 Å². The van der Waals surface area contributed by atoms with E-state index in [1.54, 1.807) is 0 Å². The lowest BCUT2D eigenvalue weighted by molar-refractivity contribution is 0.552. The third kappa shape index (κ3) is 5.60. The van der Waals surface area contributed by atoms with Gasteiger partial charge in [-0.2, -0.15) is 0 Å². The molecular weight excluding hydrogens is 234 g/mol. The van der Waals surface area contributed by atoms with Crippen LogP contribution in [0.25, 0.3) is 0 Å². The molecule has 0 aliphatic rings. The Labute approximate surface area is 118 Å². The molecule has 0 saturated heterocycles. The van der Waals surface area contributed by atoms with Gasteiger partial charge in [0.15, 0.2) is 0 Å². The minimum atomic E-state index is 0.690. The average molecular weight is 263 g/mol. The molecule has 0 atom stereocenters. The lowest BCUT2D eigenvalue weighted by Gasteiger charge is -2.18. The van der Waals surface area contributed by atoms with Gasteiger partial charge in [-0.25, -0.2) is 4.98 Å². The van der Waals surface area contributed by atoms with E-state index >= 15 is 0 Å². The third-order valence-electron chi connectivity index (χ3n) is 3.18. The molecule has 1 aromatic rings. The second kappa shape index (κ2) is 8.16. The Balaban J connectivity index is 2.80. The van der Waals surface area contributed by atoms with Crippen LogP contribution in [0.1, 0.15) is 45.4 Å². The van der Waals surface area contributed by atoms with E-state index in [4.69, 9.17) is 4.98 Å². The summed E-state index contributed by atoms with van der Waals surface area (Å²) in [5, 5.41) is 3.51. The second-order valence-electron chi connectivity index (χ2n) is 5.61. The van der Waals surface area contributed by atoms with Crippen molar-refractivity contribution in [3.05, 3.63) is 23.4 Å². The fraction of sp³-hybridized carbons (Fsp3) is 0.688. The Kier molecular flexibility index (Phi) is 6.85. The molecule has 0 bridgehead atoms. The minimum Gasteiger partial charge on any atom is -0.360 e.